The molecule has 3 N–H and O–H groups in total. The Labute approximate surface area is 127 Å². The summed E-state index contributed by atoms with van der Waals surface area (Å²) in [6, 6.07) is 0.0293. The molecule has 5 heteroatoms. The van der Waals surface area contributed by atoms with Crippen LogP contribution in [0, 0.1) is 0 Å². The largest absolute Gasteiger partial charge is 0.391 e. The van der Waals surface area contributed by atoms with Crippen molar-refractivity contribution in [2.75, 3.05) is 13.1 Å². The van der Waals surface area contributed by atoms with Crippen LogP contribution in [0.4, 0.5) is 4.79 Å². The van der Waals surface area contributed by atoms with Crippen molar-refractivity contribution in [2.45, 2.75) is 69.7 Å². The molecule has 1 saturated heterocycles. The van der Waals surface area contributed by atoms with Crippen LogP contribution in [-0.4, -0.2) is 34.5 Å². The molecule has 2 rings (SSSR count). The monoisotopic (exact) mass is 297 g/mol. The lowest BCUT2D eigenvalue weighted by Crippen LogP contribution is -2.59. The van der Waals surface area contributed by atoms with E-state index >= 15 is 0 Å². The number of thiocarbonyl (C=S) groups is 1. The molecule has 0 aromatic carbocycles. The van der Waals surface area contributed by atoms with E-state index in [1.54, 1.807) is 0 Å². The number of amides is 2. The summed E-state index contributed by atoms with van der Waals surface area (Å²) in [5.41, 5.74) is 5.53. The Kier molecular flexibility index (Phi) is 5.64. The van der Waals surface area contributed by atoms with Gasteiger partial charge >= 0.3 is 6.03 Å². The van der Waals surface area contributed by atoms with Crippen LogP contribution in [0.2, 0.25) is 0 Å². The van der Waals surface area contributed by atoms with Crippen LogP contribution < -0.4 is 11.1 Å². The first-order valence-corrected chi connectivity index (χ1v) is 8.42. The predicted molar refractivity (Wildman–Crippen MR) is 85.8 cm³/mol. The number of urea groups is 1. The number of nitrogens with two attached hydrogens (primary N) is 1. The molecule has 1 saturated carbocycles. The number of rotatable bonds is 2. The zero-order valence-corrected chi connectivity index (χ0v) is 13.1. The van der Waals surface area contributed by atoms with E-state index in [0.29, 0.717) is 4.99 Å². The Balaban J connectivity index is 2.02. The van der Waals surface area contributed by atoms with Crippen molar-refractivity contribution < 1.29 is 4.79 Å². The standard InChI is InChI=1S/C15H27N3OS/c16-13(20)15(9-5-1-2-6-10-15)17-14(19)18-11-7-3-4-8-12-18/h1-12H2,(H2,16,20)(H,17,19). The fraction of sp³-hybridized carbons (Fsp3) is 0.867. The van der Waals surface area contributed by atoms with Crippen molar-refractivity contribution >= 4 is 23.2 Å². The SMILES string of the molecule is NC(=S)C1(NC(=O)N2CCCCCC2)CCCCCC1. The maximum absolute atomic E-state index is 12.5. The fourth-order valence-corrected chi connectivity index (χ4v) is 3.58. The molecule has 2 fully saturated rings. The highest BCUT2D eigenvalue weighted by Crippen LogP contribution is 2.28. The maximum atomic E-state index is 12.5. The second-order valence-electron chi connectivity index (χ2n) is 6.19. The Bertz CT molecular complexity index is 343. The third-order valence-electron chi connectivity index (χ3n) is 4.67. The third-order valence-corrected chi connectivity index (χ3v) is 5.06. The normalized spacial score (nSPS) is 23.5. The van der Waals surface area contributed by atoms with E-state index in [2.05, 4.69) is 5.32 Å². The van der Waals surface area contributed by atoms with Gasteiger partial charge in [-0.1, -0.05) is 50.7 Å². The average molecular weight is 297 g/mol. The van der Waals surface area contributed by atoms with Gasteiger partial charge < -0.3 is 16.0 Å². The van der Waals surface area contributed by atoms with Crippen molar-refractivity contribution in [3.63, 3.8) is 0 Å². The third kappa shape index (κ3) is 3.84. The average Bonchev–Trinajstić information content (AvgIpc) is 2.81. The zero-order valence-electron chi connectivity index (χ0n) is 12.3. The molecular formula is C15H27N3OS. The summed E-state index contributed by atoms with van der Waals surface area (Å²) < 4.78 is 0. The van der Waals surface area contributed by atoms with Crippen LogP contribution in [0.25, 0.3) is 0 Å². The van der Waals surface area contributed by atoms with Gasteiger partial charge in [0.25, 0.3) is 0 Å². The summed E-state index contributed by atoms with van der Waals surface area (Å²) in [5.74, 6) is 0. The lowest BCUT2D eigenvalue weighted by atomic mass is 9.90. The smallest absolute Gasteiger partial charge is 0.318 e. The summed E-state index contributed by atoms with van der Waals surface area (Å²) in [6.45, 7) is 1.72. The van der Waals surface area contributed by atoms with E-state index in [-0.39, 0.29) is 6.03 Å². The molecule has 0 aromatic heterocycles. The number of carbonyl (C=O) groups is 1. The van der Waals surface area contributed by atoms with Crippen LogP contribution >= 0.6 is 12.2 Å². The topological polar surface area (TPSA) is 58.4 Å². The predicted octanol–water partition coefficient (Wildman–Crippen LogP) is 2.95. The molecular weight excluding hydrogens is 270 g/mol. The molecule has 2 aliphatic rings. The molecule has 20 heavy (non-hydrogen) atoms. The van der Waals surface area contributed by atoms with Gasteiger partial charge in [-0.3, -0.25) is 0 Å². The van der Waals surface area contributed by atoms with Crippen LogP contribution in [0.5, 0.6) is 0 Å². The van der Waals surface area contributed by atoms with Crippen LogP contribution in [0.3, 0.4) is 0 Å². The van der Waals surface area contributed by atoms with Crippen LogP contribution in [0.1, 0.15) is 64.2 Å². The van der Waals surface area contributed by atoms with E-state index in [1.807, 2.05) is 4.90 Å². The summed E-state index contributed by atoms with van der Waals surface area (Å²) in [6.07, 6.45) is 11.1. The highest BCUT2D eigenvalue weighted by atomic mass is 32.1. The van der Waals surface area contributed by atoms with Gasteiger partial charge in [0.2, 0.25) is 0 Å². The van der Waals surface area contributed by atoms with E-state index in [4.69, 9.17) is 18.0 Å². The lowest BCUT2D eigenvalue weighted by molar-refractivity contribution is 0.189. The molecule has 0 spiro atoms. The molecule has 4 nitrogen and oxygen atoms in total. The van der Waals surface area contributed by atoms with E-state index in [9.17, 15) is 4.79 Å². The van der Waals surface area contributed by atoms with Crippen molar-refractivity contribution in [3.8, 4) is 0 Å². The lowest BCUT2D eigenvalue weighted by Gasteiger charge is -2.35. The number of hydrogen-bond donors (Lipinski definition) is 2. The Morgan fingerprint density at radius 1 is 0.950 bits per heavy atom. The van der Waals surface area contributed by atoms with Gasteiger partial charge in [-0.15, -0.1) is 0 Å². The molecule has 0 bridgehead atoms. The molecule has 0 radical (unpaired) electrons. The summed E-state index contributed by atoms with van der Waals surface area (Å²) in [4.78, 5) is 14.9. The summed E-state index contributed by atoms with van der Waals surface area (Å²) >= 11 is 5.28. The highest BCUT2D eigenvalue weighted by molar-refractivity contribution is 7.80. The van der Waals surface area contributed by atoms with Gasteiger partial charge in [-0.2, -0.15) is 0 Å². The Hall–Kier alpha value is -0.840. The number of hydrogen-bond acceptors (Lipinski definition) is 2. The quantitative estimate of drug-likeness (QED) is 0.608. The zero-order chi connectivity index (χ0) is 14.4. The van der Waals surface area contributed by atoms with Crippen molar-refractivity contribution in [1.82, 2.24) is 10.2 Å². The molecule has 1 heterocycles. The van der Waals surface area contributed by atoms with Crippen LogP contribution in [-0.2, 0) is 0 Å². The van der Waals surface area contributed by atoms with Gasteiger partial charge in [0.1, 0.15) is 0 Å². The first-order valence-electron chi connectivity index (χ1n) is 8.01. The first kappa shape index (κ1) is 15.5. The molecule has 1 aliphatic heterocycles. The number of carbonyl (C=O) groups excluding carboxylic acids is 1. The van der Waals surface area contributed by atoms with Crippen LogP contribution in [0.15, 0.2) is 0 Å². The van der Waals surface area contributed by atoms with E-state index < -0.39 is 5.54 Å². The molecule has 0 unspecified atom stereocenters. The maximum Gasteiger partial charge on any atom is 0.318 e. The van der Waals surface area contributed by atoms with Gasteiger partial charge in [0.15, 0.2) is 0 Å². The number of likely N-dealkylation sites (tertiary alicyclic amines) is 1. The van der Waals surface area contributed by atoms with Gasteiger partial charge in [-0.25, -0.2) is 4.79 Å². The van der Waals surface area contributed by atoms with E-state index in [0.717, 1.165) is 51.6 Å². The molecule has 2 amide bonds. The molecule has 1 aliphatic carbocycles. The van der Waals surface area contributed by atoms with Gasteiger partial charge in [0.05, 0.1) is 10.5 Å². The minimum absolute atomic E-state index is 0.0293. The number of nitrogens with one attached hydrogen (secondary N) is 1. The second-order valence-corrected chi connectivity index (χ2v) is 6.63. The van der Waals surface area contributed by atoms with Crippen molar-refractivity contribution in [3.05, 3.63) is 0 Å². The second kappa shape index (κ2) is 7.25. The summed E-state index contributed by atoms with van der Waals surface area (Å²) in [7, 11) is 0. The van der Waals surface area contributed by atoms with Gasteiger partial charge in [-0.05, 0) is 25.7 Å². The highest BCUT2D eigenvalue weighted by Gasteiger charge is 2.36. The Morgan fingerprint density at radius 3 is 1.95 bits per heavy atom. The fourth-order valence-electron chi connectivity index (χ4n) is 3.32. The van der Waals surface area contributed by atoms with Crippen molar-refractivity contribution in [2.24, 2.45) is 5.73 Å². The van der Waals surface area contributed by atoms with E-state index in [1.165, 1.54) is 25.7 Å². The Morgan fingerprint density at radius 2 is 1.45 bits per heavy atom. The van der Waals surface area contributed by atoms with Crippen molar-refractivity contribution in [1.29, 1.82) is 0 Å². The first-order chi connectivity index (χ1) is 9.64. The van der Waals surface area contributed by atoms with Gasteiger partial charge in [0, 0.05) is 13.1 Å². The minimum atomic E-state index is -0.449. The molecule has 0 aromatic rings. The molecule has 114 valence electrons. The summed E-state index contributed by atoms with van der Waals surface area (Å²) in [5, 5.41) is 3.19. The molecule has 0 atom stereocenters. The minimum Gasteiger partial charge on any atom is -0.391 e. The number of nitrogens with zero attached hydrogens (tertiary/aromatic N) is 1.